The maximum absolute atomic E-state index is 13.2. The van der Waals surface area contributed by atoms with Crippen LogP contribution < -0.4 is 0 Å². The van der Waals surface area contributed by atoms with Gasteiger partial charge in [0.1, 0.15) is 0 Å². The van der Waals surface area contributed by atoms with E-state index >= 15 is 0 Å². The molecule has 2 atom stereocenters. The molecule has 0 aliphatic rings. The van der Waals surface area contributed by atoms with E-state index in [9.17, 15) is 18.0 Å². The zero-order valence-corrected chi connectivity index (χ0v) is 11.0. The Labute approximate surface area is 115 Å². The quantitative estimate of drug-likeness (QED) is 0.784. The van der Waals surface area contributed by atoms with E-state index in [0.29, 0.717) is 12.2 Å². The molecule has 0 bridgehead atoms. The summed E-state index contributed by atoms with van der Waals surface area (Å²) in [5.74, 6) is -4.52. The standard InChI is InChI=1S/C13H15F3O2S/c14-13(15,16)11(9-5-2-1-3-6-9)10(12(17)18)7-4-8-19/h1-3,5-6,10-11,19H,4,7-8H2,(H,17,18). The van der Waals surface area contributed by atoms with Gasteiger partial charge in [0, 0.05) is 0 Å². The minimum Gasteiger partial charge on any atom is -0.481 e. The summed E-state index contributed by atoms with van der Waals surface area (Å²) in [4.78, 5) is 11.1. The van der Waals surface area contributed by atoms with Crippen LogP contribution in [0.1, 0.15) is 24.3 Å². The van der Waals surface area contributed by atoms with Crippen LogP contribution in [-0.2, 0) is 4.79 Å². The number of thiol groups is 1. The van der Waals surface area contributed by atoms with Gasteiger partial charge in [-0.2, -0.15) is 25.8 Å². The van der Waals surface area contributed by atoms with E-state index in [1.54, 1.807) is 6.07 Å². The minimum absolute atomic E-state index is 0.0124. The molecule has 106 valence electrons. The van der Waals surface area contributed by atoms with Gasteiger partial charge in [0.2, 0.25) is 0 Å². The van der Waals surface area contributed by atoms with Gasteiger partial charge in [0.05, 0.1) is 11.8 Å². The van der Waals surface area contributed by atoms with E-state index < -0.39 is 24.0 Å². The first-order valence-corrected chi connectivity index (χ1v) is 6.46. The third kappa shape index (κ3) is 4.45. The number of benzene rings is 1. The summed E-state index contributed by atoms with van der Waals surface area (Å²) in [5.41, 5.74) is -0.0124. The second-order valence-electron chi connectivity index (χ2n) is 4.24. The van der Waals surface area contributed by atoms with Crippen molar-refractivity contribution in [2.75, 3.05) is 5.75 Å². The second-order valence-corrected chi connectivity index (χ2v) is 4.69. The van der Waals surface area contributed by atoms with Crippen LogP contribution in [0.4, 0.5) is 13.2 Å². The van der Waals surface area contributed by atoms with Gasteiger partial charge in [0.15, 0.2) is 0 Å². The van der Waals surface area contributed by atoms with Gasteiger partial charge >= 0.3 is 12.1 Å². The number of carboxylic acids is 1. The third-order valence-corrected chi connectivity index (χ3v) is 3.22. The molecule has 6 heteroatoms. The third-order valence-electron chi connectivity index (χ3n) is 2.90. The van der Waals surface area contributed by atoms with Crippen LogP contribution in [0.25, 0.3) is 0 Å². The molecule has 1 N–H and O–H groups in total. The van der Waals surface area contributed by atoms with Crippen molar-refractivity contribution in [1.82, 2.24) is 0 Å². The van der Waals surface area contributed by atoms with Gasteiger partial charge < -0.3 is 5.11 Å². The van der Waals surface area contributed by atoms with Crippen molar-refractivity contribution in [2.45, 2.75) is 24.9 Å². The molecule has 0 aromatic heterocycles. The highest BCUT2D eigenvalue weighted by Gasteiger charge is 2.48. The normalized spacial score (nSPS) is 14.9. The smallest absolute Gasteiger partial charge is 0.396 e. The lowest BCUT2D eigenvalue weighted by atomic mass is 9.82. The van der Waals surface area contributed by atoms with Crippen molar-refractivity contribution in [1.29, 1.82) is 0 Å². The van der Waals surface area contributed by atoms with E-state index in [2.05, 4.69) is 12.6 Å². The maximum Gasteiger partial charge on any atom is 0.396 e. The van der Waals surface area contributed by atoms with Crippen molar-refractivity contribution in [3.05, 3.63) is 35.9 Å². The van der Waals surface area contributed by atoms with E-state index in [1.807, 2.05) is 0 Å². The number of carboxylic acid groups (broad SMARTS) is 1. The Morgan fingerprint density at radius 2 is 1.84 bits per heavy atom. The number of aliphatic carboxylic acids is 1. The van der Waals surface area contributed by atoms with Gasteiger partial charge in [-0.05, 0) is 24.2 Å². The first-order chi connectivity index (χ1) is 8.88. The predicted molar refractivity (Wildman–Crippen MR) is 69.5 cm³/mol. The molecule has 0 saturated carbocycles. The highest BCUT2D eigenvalue weighted by Crippen LogP contribution is 2.42. The molecular weight excluding hydrogens is 277 g/mol. The minimum atomic E-state index is -4.58. The monoisotopic (exact) mass is 292 g/mol. The van der Waals surface area contributed by atoms with Crippen LogP contribution in [0.5, 0.6) is 0 Å². The summed E-state index contributed by atoms with van der Waals surface area (Å²) in [5, 5.41) is 9.07. The number of rotatable bonds is 6. The molecule has 0 amide bonds. The molecule has 0 aliphatic carbocycles. The highest BCUT2D eigenvalue weighted by atomic mass is 32.1. The fourth-order valence-corrected chi connectivity index (χ4v) is 2.24. The van der Waals surface area contributed by atoms with E-state index in [1.165, 1.54) is 24.3 Å². The van der Waals surface area contributed by atoms with Gasteiger partial charge in [-0.3, -0.25) is 4.79 Å². The van der Waals surface area contributed by atoms with Crippen molar-refractivity contribution < 1.29 is 23.1 Å². The zero-order chi connectivity index (χ0) is 14.5. The highest BCUT2D eigenvalue weighted by molar-refractivity contribution is 7.80. The molecule has 19 heavy (non-hydrogen) atoms. The van der Waals surface area contributed by atoms with Gasteiger partial charge in [0.25, 0.3) is 0 Å². The Hall–Kier alpha value is -1.17. The Bertz CT molecular complexity index is 406. The van der Waals surface area contributed by atoms with E-state index in [0.717, 1.165) is 0 Å². The van der Waals surface area contributed by atoms with Crippen LogP contribution in [0, 0.1) is 5.92 Å². The van der Waals surface area contributed by atoms with Crippen molar-refractivity contribution in [3.8, 4) is 0 Å². The lowest BCUT2D eigenvalue weighted by Gasteiger charge is -2.26. The first-order valence-electron chi connectivity index (χ1n) is 5.83. The molecule has 1 aromatic carbocycles. The lowest BCUT2D eigenvalue weighted by Crippen LogP contribution is -2.33. The first kappa shape index (κ1) is 15.9. The summed E-state index contributed by atoms with van der Waals surface area (Å²) in [7, 11) is 0. The maximum atomic E-state index is 13.2. The van der Waals surface area contributed by atoms with Crippen LogP contribution in [-0.4, -0.2) is 23.0 Å². The Morgan fingerprint density at radius 3 is 2.26 bits per heavy atom. The average molecular weight is 292 g/mol. The summed E-state index contributed by atoms with van der Waals surface area (Å²) in [6, 6.07) is 7.18. The van der Waals surface area contributed by atoms with Gasteiger partial charge in [-0.25, -0.2) is 0 Å². The van der Waals surface area contributed by atoms with Gasteiger partial charge in [-0.15, -0.1) is 0 Å². The zero-order valence-electron chi connectivity index (χ0n) is 10.1. The fourth-order valence-electron chi connectivity index (χ4n) is 2.05. The molecule has 2 unspecified atom stereocenters. The van der Waals surface area contributed by atoms with Crippen molar-refractivity contribution in [3.63, 3.8) is 0 Å². The predicted octanol–water partition coefficient (Wildman–Crippen LogP) is 3.74. The van der Waals surface area contributed by atoms with Crippen LogP contribution in [0.15, 0.2) is 30.3 Å². The molecule has 0 aliphatic heterocycles. The number of hydrogen-bond acceptors (Lipinski definition) is 2. The molecule has 0 saturated heterocycles. The number of hydrogen-bond donors (Lipinski definition) is 2. The Morgan fingerprint density at radius 1 is 1.26 bits per heavy atom. The molecule has 0 radical (unpaired) electrons. The van der Waals surface area contributed by atoms with Crippen LogP contribution in [0.2, 0.25) is 0 Å². The number of alkyl halides is 3. The van der Waals surface area contributed by atoms with E-state index in [-0.39, 0.29) is 12.0 Å². The van der Waals surface area contributed by atoms with Crippen molar-refractivity contribution >= 4 is 18.6 Å². The largest absolute Gasteiger partial charge is 0.481 e. The van der Waals surface area contributed by atoms with Gasteiger partial charge in [-0.1, -0.05) is 30.3 Å². The van der Waals surface area contributed by atoms with Crippen LogP contribution >= 0.6 is 12.6 Å². The molecule has 0 heterocycles. The Balaban J connectivity index is 3.11. The number of carbonyl (C=O) groups is 1. The topological polar surface area (TPSA) is 37.3 Å². The second kappa shape index (κ2) is 6.84. The fraction of sp³-hybridized carbons (Fsp3) is 0.462. The lowest BCUT2D eigenvalue weighted by molar-refractivity contribution is -0.176. The average Bonchev–Trinajstić information content (AvgIpc) is 2.33. The van der Waals surface area contributed by atoms with Crippen molar-refractivity contribution in [2.24, 2.45) is 5.92 Å². The summed E-state index contributed by atoms with van der Waals surface area (Å²) in [6.07, 6.45) is -4.29. The summed E-state index contributed by atoms with van der Waals surface area (Å²) in [6.45, 7) is 0. The molecule has 1 aromatic rings. The molecule has 1 rings (SSSR count). The SMILES string of the molecule is O=C(O)C(CCCS)C(c1ccccc1)C(F)(F)F. The van der Waals surface area contributed by atoms with Crippen LogP contribution in [0.3, 0.4) is 0 Å². The molecule has 0 fully saturated rings. The van der Waals surface area contributed by atoms with E-state index in [4.69, 9.17) is 5.11 Å². The molecule has 0 spiro atoms. The number of halogens is 3. The summed E-state index contributed by atoms with van der Waals surface area (Å²) < 4.78 is 39.5. The molecular formula is C13H15F3O2S. The Kier molecular flexibility index (Phi) is 5.72. The summed E-state index contributed by atoms with van der Waals surface area (Å²) >= 11 is 3.92. The molecule has 2 nitrogen and oxygen atoms in total.